The Balaban J connectivity index is 1.56. The number of hydrogen-bond acceptors (Lipinski definition) is 6. The number of benzene rings is 2. The van der Waals surface area contributed by atoms with Crippen LogP contribution in [0.5, 0.6) is 0 Å². The molecule has 2 aromatic heterocycles. The van der Waals surface area contributed by atoms with E-state index < -0.39 is 0 Å². The second-order valence-corrected chi connectivity index (χ2v) is 9.09. The highest BCUT2D eigenvalue weighted by Crippen LogP contribution is 2.33. The minimum Gasteiger partial charge on any atom is -0.422 e. The highest BCUT2D eigenvalue weighted by atomic mass is 35.5. The summed E-state index contributed by atoms with van der Waals surface area (Å²) in [5.74, 6) is 0. The minimum atomic E-state index is -0.383. The average molecular weight is 426 g/mol. The van der Waals surface area contributed by atoms with Crippen molar-refractivity contribution in [3.05, 3.63) is 57.9 Å². The smallest absolute Gasteiger partial charge is 0.346 e. The number of piperazine rings is 1. The number of thiazole rings is 1. The molecule has 0 radical (unpaired) electrons. The fraction of sp³-hybridized carbons (Fsp3) is 0.273. The summed E-state index contributed by atoms with van der Waals surface area (Å²) in [6.45, 7) is 6.20. The number of fused-ring (bicyclic) bond motifs is 2. The number of halogens is 1. The number of nitrogens with zero attached hydrogens (tertiary/aromatic N) is 2. The summed E-state index contributed by atoms with van der Waals surface area (Å²) >= 11 is 7.68. The number of anilines is 1. The van der Waals surface area contributed by atoms with Crippen molar-refractivity contribution in [3.8, 4) is 10.6 Å². The molecule has 1 fully saturated rings. The number of aromatic nitrogens is 1. The van der Waals surface area contributed by atoms with E-state index in [0.29, 0.717) is 38.8 Å². The Morgan fingerprint density at radius 3 is 2.72 bits per heavy atom. The van der Waals surface area contributed by atoms with Gasteiger partial charge in [0.15, 0.2) is 0 Å². The molecule has 5 rings (SSSR count). The van der Waals surface area contributed by atoms with Crippen LogP contribution in [-0.4, -0.2) is 30.2 Å². The predicted molar refractivity (Wildman–Crippen MR) is 120 cm³/mol. The van der Waals surface area contributed by atoms with E-state index >= 15 is 0 Å². The van der Waals surface area contributed by atoms with Crippen molar-refractivity contribution in [1.82, 2.24) is 10.3 Å². The van der Waals surface area contributed by atoms with E-state index in [-0.39, 0.29) is 5.63 Å². The number of para-hydroxylation sites is 1. The molecule has 0 aliphatic carbocycles. The van der Waals surface area contributed by atoms with Crippen LogP contribution < -0.4 is 15.8 Å². The van der Waals surface area contributed by atoms with Crippen LogP contribution in [0, 0.1) is 0 Å². The molecule has 3 heterocycles. The number of nitrogens with one attached hydrogen (secondary N) is 1. The highest BCUT2D eigenvalue weighted by Gasteiger charge is 2.22. The van der Waals surface area contributed by atoms with E-state index in [1.165, 1.54) is 11.3 Å². The van der Waals surface area contributed by atoms with Crippen molar-refractivity contribution in [1.29, 1.82) is 0 Å². The summed E-state index contributed by atoms with van der Waals surface area (Å²) in [6.07, 6.45) is 0. The maximum atomic E-state index is 12.7. The standard InChI is InChI=1S/C22H20ClN3O2S/c1-12-10-26(11-13(2)24-12)15-7-6-14-8-16(22(27)28-18(14)9-15)21-25-20-17(23)4-3-5-19(20)29-21/h3-9,12-13,24H,10-11H2,1-2H3. The van der Waals surface area contributed by atoms with E-state index in [0.717, 1.165) is 28.9 Å². The van der Waals surface area contributed by atoms with Gasteiger partial charge in [-0.2, -0.15) is 0 Å². The molecule has 1 aliphatic rings. The second kappa shape index (κ2) is 7.13. The van der Waals surface area contributed by atoms with Gasteiger partial charge in [0.25, 0.3) is 0 Å². The van der Waals surface area contributed by atoms with Crippen molar-refractivity contribution in [2.24, 2.45) is 0 Å². The molecule has 7 heteroatoms. The van der Waals surface area contributed by atoms with Crippen molar-refractivity contribution in [2.45, 2.75) is 25.9 Å². The van der Waals surface area contributed by atoms with Crippen molar-refractivity contribution in [2.75, 3.05) is 18.0 Å². The fourth-order valence-corrected chi connectivity index (χ4v) is 5.28. The average Bonchev–Trinajstić information content (AvgIpc) is 3.11. The van der Waals surface area contributed by atoms with E-state index in [2.05, 4.69) is 35.1 Å². The van der Waals surface area contributed by atoms with Gasteiger partial charge < -0.3 is 14.6 Å². The zero-order valence-corrected chi connectivity index (χ0v) is 17.7. The van der Waals surface area contributed by atoms with Crippen LogP contribution in [0.15, 0.2) is 51.7 Å². The van der Waals surface area contributed by atoms with Gasteiger partial charge in [0.1, 0.15) is 16.1 Å². The third-order valence-electron chi connectivity index (χ3n) is 5.24. The molecule has 148 valence electrons. The first-order chi connectivity index (χ1) is 14.0. The van der Waals surface area contributed by atoms with Gasteiger partial charge in [0.05, 0.1) is 15.3 Å². The van der Waals surface area contributed by atoms with E-state index in [1.807, 2.05) is 30.3 Å². The van der Waals surface area contributed by atoms with Crippen LogP contribution in [0.3, 0.4) is 0 Å². The lowest BCUT2D eigenvalue weighted by atomic mass is 10.1. The third-order valence-corrected chi connectivity index (χ3v) is 6.60. The SMILES string of the molecule is CC1CN(c2ccc3cc(-c4nc5c(Cl)cccc5s4)c(=O)oc3c2)CC(C)N1. The van der Waals surface area contributed by atoms with Gasteiger partial charge >= 0.3 is 5.63 Å². The zero-order chi connectivity index (χ0) is 20.1. The van der Waals surface area contributed by atoms with Gasteiger partial charge in [-0.05, 0) is 44.2 Å². The fourth-order valence-electron chi connectivity index (χ4n) is 4.01. The molecule has 2 atom stereocenters. The Morgan fingerprint density at radius 2 is 1.97 bits per heavy atom. The lowest BCUT2D eigenvalue weighted by Gasteiger charge is -2.37. The molecular formula is C22H20ClN3O2S. The Labute approximate surface area is 176 Å². The molecule has 0 spiro atoms. The Hall–Kier alpha value is -2.41. The normalized spacial score (nSPS) is 19.9. The van der Waals surface area contributed by atoms with Crippen LogP contribution in [-0.2, 0) is 0 Å². The Morgan fingerprint density at radius 1 is 1.17 bits per heavy atom. The Kier molecular flexibility index (Phi) is 4.57. The first-order valence-corrected chi connectivity index (χ1v) is 10.8. The van der Waals surface area contributed by atoms with Gasteiger partial charge in [-0.15, -0.1) is 11.3 Å². The van der Waals surface area contributed by atoms with Crippen LogP contribution in [0.4, 0.5) is 5.69 Å². The van der Waals surface area contributed by atoms with Crippen LogP contribution in [0.2, 0.25) is 5.02 Å². The summed E-state index contributed by atoms with van der Waals surface area (Å²) in [5.41, 5.74) is 2.46. The summed E-state index contributed by atoms with van der Waals surface area (Å²) in [4.78, 5) is 19.6. The molecule has 5 nitrogen and oxygen atoms in total. The molecule has 2 unspecified atom stereocenters. The predicted octanol–water partition coefficient (Wildman–Crippen LogP) is 4.91. The van der Waals surface area contributed by atoms with Crippen molar-refractivity contribution in [3.63, 3.8) is 0 Å². The summed E-state index contributed by atoms with van der Waals surface area (Å²) < 4.78 is 6.64. The van der Waals surface area contributed by atoms with E-state index in [4.69, 9.17) is 16.0 Å². The van der Waals surface area contributed by atoms with Crippen molar-refractivity contribution < 1.29 is 4.42 Å². The molecule has 1 aliphatic heterocycles. The largest absolute Gasteiger partial charge is 0.422 e. The molecular weight excluding hydrogens is 406 g/mol. The maximum Gasteiger partial charge on any atom is 0.346 e. The van der Waals surface area contributed by atoms with E-state index in [9.17, 15) is 4.79 Å². The molecule has 29 heavy (non-hydrogen) atoms. The van der Waals surface area contributed by atoms with Crippen LogP contribution in [0.25, 0.3) is 31.8 Å². The molecule has 2 aromatic carbocycles. The van der Waals surface area contributed by atoms with Crippen LogP contribution >= 0.6 is 22.9 Å². The minimum absolute atomic E-state index is 0.383. The zero-order valence-electron chi connectivity index (χ0n) is 16.1. The summed E-state index contributed by atoms with van der Waals surface area (Å²) in [6, 6.07) is 14.4. The topological polar surface area (TPSA) is 58.4 Å². The molecule has 4 aromatic rings. The first-order valence-electron chi connectivity index (χ1n) is 9.62. The van der Waals surface area contributed by atoms with Gasteiger partial charge in [0, 0.05) is 42.3 Å². The Bertz CT molecular complexity index is 1270. The quantitative estimate of drug-likeness (QED) is 0.462. The molecule has 0 bridgehead atoms. The number of rotatable bonds is 2. The molecule has 1 N–H and O–H groups in total. The summed E-state index contributed by atoms with van der Waals surface area (Å²) in [5, 5.41) is 5.62. The lowest BCUT2D eigenvalue weighted by Crippen LogP contribution is -2.54. The molecule has 0 saturated carbocycles. The van der Waals surface area contributed by atoms with Gasteiger partial charge in [-0.3, -0.25) is 0 Å². The van der Waals surface area contributed by atoms with E-state index in [1.54, 1.807) is 6.07 Å². The molecule has 0 amide bonds. The second-order valence-electron chi connectivity index (χ2n) is 7.65. The van der Waals surface area contributed by atoms with Gasteiger partial charge in [-0.25, -0.2) is 9.78 Å². The first kappa shape index (κ1) is 18.6. The molecule has 1 saturated heterocycles. The van der Waals surface area contributed by atoms with Gasteiger partial charge in [0.2, 0.25) is 0 Å². The van der Waals surface area contributed by atoms with Crippen LogP contribution in [0.1, 0.15) is 13.8 Å². The number of hydrogen-bond donors (Lipinski definition) is 1. The monoisotopic (exact) mass is 425 g/mol. The third kappa shape index (κ3) is 3.41. The maximum absolute atomic E-state index is 12.7. The highest BCUT2D eigenvalue weighted by molar-refractivity contribution is 7.21. The van der Waals surface area contributed by atoms with Crippen molar-refractivity contribution >= 4 is 49.8 Å². The lowest BCUT2D eigenvalue weighted by molar-refractivity contribution is 0.407. The van der Waals surface area contributed by atoms with Gasteiger partial charge in [-0.1, -0.05) is 17.7 Å². The summed E-state index contributed by atoms with van der Waals surface area (Å²) in [7, 11) is 0.